The van der Waals surface area contributed by atoms with Gasteiger partial charge in [0.15, 0.2) is 0 Å². The molecule has 1 N–H and O–H groups in total. The highest BCUT2D eigenvalue weighted by molar-refractivity contribution is 5.85. The van der Waals surface area contributed by atoms with E-state index < -0.39 is 5.41 Å². The molecule has 0 aromatic heterocycles. The lowest BCUT2D eigenvalue weighted by molar-refractivity contribution is -0.142. The van der Waals surface area contributed by atoms with Gasteiger partial charge in [0.05, 0.1) is 19.3 Å². The number of nitrogens with one attached hydrogen (secondary N) is 1. The molecule has 0 spiro atoms. The van der Waals surface area contributed by atoms with Crippen LogP contribution in [0.4, 0.5) is 0 Å². The second-order valence-corrected chi connectivity index (χ2v) is 8.29. The van der Waals surface area contributed by atoms with Crippen LogP contribution in [-0.4, -0.2) is 73.7 Å². The van der Waals surface area contributed by atoms with E-state index in [1.807, 2.05) is 4.90 Å². The van der Waals surface area contributed by atoms with E-state index in [0.29, 0.717) is 24.9 Å². The molecule has 0 saturated carbocycles. The maximum absolute atomic E-state index is 12.9. The molecule has 4 saturated heterocycles. The number of amides is 1. The van der Waals surface area contributed by atoms with Crippen LogP contribution in [0.1, 0.15) is 38.5 Å². The van der Waals surface area contributed by atoms with Gasteiger partial charge in [-0.05, 0) is 64.1 Å². The maximum Gasteiger partial charge on any atom is 0.243 e. The van der Waals surface area contributed by atoms with Crippen molar-refractivity contribution in [2.75, 3.05) is 45.9 Å². The van der Waals surface area contributed by atoms with Crippen molar-refractivity contribution in [2.45, 2.75) is 50.6 Å². The maximum atomic E-state index is 12.9. The lowest BCUT2D eigenvalue weighted by Gasteiger charge is -2.53. The number of nitrogens with zero attached hydrogens (tertiary/aromatic N) is 3. The van der Waals surface area contributed by atoms with E-state index in [-0.39, 0.29) is 5.91 Å². The van der Waals surface area contributed by atoms with Crippen molar-refractivity contribution in [1.29, 1.82) is 5.26 Å². The molecule has 0 aliphatic carbocycles. The lowest BCUT2D eigenvalue weighted by Crippen LogP contribution is -2.63. The number of ether oxygens (including phenoxy) is 1. The predicted molar refractivity (Wildman–Crippen MR) is 93.8 cm³/mol. The average Bonchev–Trinajstić information content (AvgIpc) is 2.69. The Morgan fingerprint density at radius 1 is 1.20 bits per heavy atom. The molecular weight excluding hydrogens is 316 g/mol. The summed E-state index contributed by atoms with van der Waals surface area (Å²) in [6, 6.07) is 3.68. The number of likely N-dealkylation sites (tertiary alicyclic amines) is 1. The third-order valence-corrected chi connectivity index (χ3v) is 6.88. The van der Waals surface area contributed by atoms with Gasteiger partial charge in [-0.2, -0.15) is 5.26 Å². The summed E-state index contributed by atoms with van der Waals surface area (Å²) in [5.41, 5.74) is -0.771. The van der Waals surface area contributed by atoms with Gasteiger partial charge in [0, 0.05) is 25.2 Å². The van der Waals surface area contributed by atoms with Gasteiger partial charge in [0.25, 0.3) is 0 Å². The predicted octanol–water partition coefficient (Wildman–Crippen LogP) is 0.982. The first-order valence-electron chi connectivity index (χ1n) is 9.97. The lowest BCUT2D eigenvalue weighted by atomic mass is 9.78. The molecule has 4 aliphatic rings. The Hall–Kier alpha value is -1.16. The SMILES string of the molecule is N#CC1(C(=O)N2CCC(CCN3C4COCC3C4)CC2)CCNCC1. The number of fused-ring (bicyclic) bond motifs is 2. The number of carbonyl (C=O) groups is 1. The van der Waals surface area contributed by atoms with E-state index >= 15 is 0 Å². The minimum Gasteiger partial charge on any atom is -0.378 e. The highest BCUT2D eigenvalue weighted by Crippen LogP contribution is 2.34. The minimum absolute atomic E-state index is 0.0874. The Kier molecular flexibility index (Phi) is 4.99. The highest BCUT2D eigenvalue weighted by Gasteiger charge is 2.44. The molecule has 4 heterocycles. The van der Waals surface area contributed by atoms with Crippen LogP contribution in [0.5, 0.6) is 0 Å². The van der Waals surface area contributed by atoms with Gasteiger partial charge < -0.3 is 15.0 Å². The number of hydrogen-bond acceptors (Lipinski definition) is 5. The number of nitriles is 1. The van der Waals surface area contributed by atoms with Gasteiger partial charge in [0.1, 0.15) is 5.41 Å². The third kappa shape index (κ3) is 3.30. The topological polar surface area (TPSA) is 68.6 Å². The fourth-order valence-corrected chi connectivity index (χ4v) is 5.06. The average molecular weight is 346 g/mol. The Labute approximate surface area is 150 Å². The molecule has 4 aliphatic heterocycles. The second-order valence-electron chi connectivity index (χ2n) is 8.29. The quantitative estimate of drug-likeness (QED) is 0.822. The first-order valence-corrected chi connectivity index (χ1v) is 9.97. The number of piperidine rings is 2. The molecule has 4 rings (SSSR count). The summed E-state index contributed by atoms with van der Waals surface area (Å²) in [6.45, 7) is 6.22. The summed E-state index contributed by atoms with van der Waals surface area (Å²) in [4.78, 5) is 17.5. The molecule has 6 heteroatoms. The Morgan fingerprint density at radius 2 is 1.88 bits per heavy atom. The number of carbonyl (C=O) groups excluding carboxylic acids is 1. The Morgan fingerprint density at radius 3 is 2.48 bits per heavy atom. The number of morpholine rings is 1. The summed E-state index contributed by atoms with van der Waals surface area (Å²) >= 11 is 0. The molecule has 138 valence electrons. The first-order chi connectivity index (χ1) is 12.2. The summed E-state index contributed by atoms with van der Waals surface area (Å²) < 4.78 is 5.56. The van der Waals surface area contributed by atoms with Crippen molar-refractivity contribution in [3.8, 4) is 6.07 Å². The third-order valence-electron chi connectivity index (χ3n) is 6.88. The van der Waals surface area contributed by atoms with Crippen molar-refractivity contribution in [3.63, 3.8) is 0 Å². The molecule has 0 aromatic rings. The van der Waals surface area contributed by atoms with Crippen molar-refractivity contribution in [1.82, 2.24) is 15.1 Å². The van der Waals surface area contributed by atoms with E-state index in [9.17, 15) is 10.1 Å². The van der Waals surface area contributed by atoms with Crippen LogP contribution >= 0.6 is 0 Å². The zero-order valence-corrected chi connectivity index (χ0v) is 15.1. The summed E-state index contributed by atoms with van der Waals surface area (Å²) in [6.07, 6.45) is 6.04. The molecule has 2 bridgehead atoms. The van der Waals surface area contributed by atoms with Crippen LogP contribution in [0.2, 0.25) is 0 Å². The fourth-order valence-electron chi connectivity index (χ4n) is 5.06. The van der Waals surface area contributed by atoms with Crippen LogP contribution in [0.25, 0.3) is 0 Å². The van der Waals surface area contributed by atoms with E-state index in [1.165, 1.54) is 19.4 Å². The van der Waals surface area contributed by atoms with Gasteiger partial charge in [0.2, 0.25) is 5.91 Å². The largest absolute Gasteiger partial charge is 0.378 e. The van der Waals surface area contributed by atoms with Gasteiger partial charge in [-0.3, -0.25) is 9.69 Å². The van der Waals surface area contributed by atoms with Crippen LogP contribution in [0, 0.1) is 22.7 Å². The smallest absolute Gasteiger partial charge is 0.243 e. The summed E-state index contributed by atoms with van der Waals surface area (Å²) in [5.74, 6) is 0.807. The molecule has 4 fully saturated rings. The van der Waals surface area contributed by atoms with Crippen LogP contribution in [0.3, 0.4) is 0 Å². The Balaban J connectivity index is 1.24. The normalized spacial score (nSPS) is 32.7. The van der Waals surface area contributed by atoms with E-state index in [4.69, 9.17) is 4.74 Å². The number of hydrogen-bond donors (Lipinski definition) is 1. The molecule has 2 atom stereocenters. The van der Waals surface area contributed by atoms with E-state index in [2.05, 4.69) is 16.3 Å². The molecule has 6 nitrogen and oxygen atoms in total. The first kappa shape index (κ1) is 17.3. The molecule has 0 aromatic carbocycles. The number of rotatable bonds is 4. The highest BCUT2D eigenvalue weighted by atomic mass is 16.5. The molecule has 1 amide bonds. The Bertz CT molecular complexity index is 518. The van der Waals surface area contributed by atoms with Crippen molar-refractivity contribution < 1.29 is 9.53 Å². The van der Waals surface area contributed by atoms with Crippen molar-refractivity contribution in [3.05, 3.63) is 0 Å². The monoisotopic (exact) mass is 346 g/mol. The standard InChI is InChI=1S/C19H30N4O2/c20-14-19(4-6-21-7-5-19)18(24)22-8-1-15(2-9-22)3-10-23-16-11-17(23)13-25-12-16/h15-17,21H,1-13H2. The van der Waals surface area contributed by atoms with Gasteiger partial charge in [-0.25, -0.2) is 0 Å². The zero-order chi connectivity index (χ0) is 17.3. The van der Waals surface area contributed by atoms with Crippen LogP contribution in [0.15, 0.2) is 0 Å². The molecule has 25 heavy (non-hydrogen) atoms. The van der Waals surface area contributed by atoms with E-state index in [1.54, 1.807) is 0 Å². The second kappa shape index (κ2) is 7.22. The molecule has 0 radical (unpaired) electrons. The summed E-state index contributed by atoms with van der Waals surface area (Å²) in [7, 11) is 0. The minimum atomic E-state index is -0.771. The summed E-state index contributed by atoms with van der Waals surface area (Å²) in [5, 5.41) is 12.9. The van der Waals surface area contributed by atoms with Gasteiger partial charge in [-0.1, -0.05) is 0 Å². The fraction of sp³-hybridized carbons (Fsp3) is 0.895. The molecular formula is C19H30N4O2. The van der Waals surface area contributed by atoms with E-state index in [0.717, 1.165) is 58.2 Å². The van der Waals surface area contributed by atoms with Crippen molar-refractivity contribution in [2.24, 2.45) is 11.3 Å². The van der Waals surface area contributed by atoms with Crippen LogP contribution in [-0.2, 0) is 9.53 Å². The van der Waals surface area contributed by atoms with Gasteiger partial charge >= 0.3 is 0 Å². The van der Waals surface area contributed by atoms with Gasteiger partial charge in [-0.15, -0.1) is 0 Å². The zero-order valence-electron chi connectivity index (χ0n) is 15.1. The van der Waals surface area contributed by atoms with Crippen molar-refractivity contribution >= 4 is 5.91 Å². The van der Waals surface area contributed by atoms with Crippen LogP contribution < -0.4 is 5.32 Å². The molecule has 2 unspecified atom stereocenters.